The van der Waals surface area contributed by atoms with Crippen molar-refractivity contribution >= 4 is 51.7 Å². The van der Waals surface area contributed by atoms with Gasteiger partial charge in [0.25, 0.3) is 11.8 Å². The molecule has 0 aromatic heterocycles. The van der Waals surface area contributed by atoms with Crippen LogP contribution in [-0.4, -0.2) is 108 Å². The standard InChI is InChI=1S/C36H45ClF2N6O9S/c37-27-13-8-9-22-17-43(19-26(22)27)34(50)54-25-15-29-30(46)41-36(32(48)42-55(51,52)44-20-35(38,39)21-44)16-23(36)10-4-2-1-3-5-14-28(31(47)45(29)18-25)40-33(49)53-24-11-6-7-12-24/h4,8-10,13,23-25,28-29H,1-3,5-7,11-12,14-21H2,(H,40,49)(H,41,46)(H,42,48)/b10-4-/t23-,25+,28-,29?,36+/m0/s1. The molecule has 2 aliphatic carbocycles. The van der Waals surface area contributed by atoms with Crippen molar-refractivity contribution in [2.45, 2.75) is 119 Å². The van der Waals surface area contributed by atoms with Crippen LogP contribution >= 0.6 is 11.6 Å². The number of ether oxygens (including phenoxy) is 2. The van der Waals surface area contributed by atoms with Crippen molar-refractivity contribution in [3.63, 3.8) is 0 Å². The largest absolute Gasteiger partial charge is 0.446 e. The number of carbonyl (C=O) groups is 5. The maximum atomic E-state index is 14.4. The van der Waals surface area contributed by atoms with Crippen molar-refractivity contribution < 1.29 is 50.6 Å². The highest BCUT2D eigenvalue weighted by Gasteiger charge is 2.62. The number of nitrogens with one attached hydrogen (secondary N) is 3. The molecule has 4 aliphatic heterocycles. The third-order valence-electron chi connectivity index (χ3n) is 11.3. The van der Waals surface area contributed by atoms with E-state index in [0.717, 1.165) is 36.8 Å². The zero-order chi connectivity index (χ0) is 39.1. The van der Waals surface area contributed by atoms with Gasteiger partial charge in [0.2, 0.25) is 11.8 Å². The van der Waals surface area contributed by atoms with Crippen LogP contribution in [0.3, 0.4) is 0 Å². The molecule has 300 valence electrons. The highest BCUT2D eigenvalue weighted by molar-refractivity contribution is 7.87. The van der Waals surface area contributed by atoms with E-state index in [1.54, 1.807) is 18.2 Å². The number of amides is 5. The average molecular weight is 811 g/mol. The summed E-state index contributed by atoms with van der Waals surface area (Å²) in [6, 6.07) is 2.98. The Morgan fingerprint density at radius 1 is 0.964 bits per heavy atom. The number of hydrogen-bond donors (Lipinski definition) is 3. The lowest BCUT2D eigenvalue weighted by molar-refractivity contribution is -0.141. The number of rotatable bonds is 6. The quantitative estimate of drug-likeness (QED) is 0.362. The summed E-state index contributed by atoms with van der Waals surface area (Å²) in [6.45, 7) is -1.93. The molecule has 19 heteroatoms. The average Bonchev–Trinajstić information content (AvgIpc) is 3.53. The Balaban J connectivity index is 1.12. The summed E-state index contributed by atoms with van der Waals surface area (Å²) in [6.07, 6.45) is 6.80. The van der Waals surface area contributed by atoms with Gasteiger partial charge in [-0.25, -0.2) is 23.1 Å². The maximum absolute atomic E-state index is 14.4. The van der Waals surface area contributed by atoms with Crippen LogP contribution in [0.25, 0.3) is 0 Å². The number of alkyl halides is 2. The van der Waals surface area contributed by atoms with Gasteiger partial charge in [0, 0.05) is 23.9 Å². The first-order valence-electron chi connectivity index (χ1n) is 18.8. The molecule has 1 aromatic rings. The molecule has 3 N–H and O–H groups in total. The molecule has 4 fully saturated rings. The van der Waals surface area contributed by atoms with E-state index in [2.05, 4.69) is 10.6 Å². The molecular weight excluding hydrogens is 766 g/mol. The smallest absolute Gasteiger partial charge is 0.410 e. The van der Waals surface area contributed by atoms with E-state index in [0.29, 0.717) is 35.0 Å². The van der Waals surface area contributed by atoms with Crippen molar-refractivity contribution in [3.8, 4) is 0 Å². The van der Waals surface area contributed by atoms with E-state index >= 15 is 0 Å². The van der Waals surface area contributed by atoms with Crippen LogP contribution in [-0.2, 0) is 47.2 Å². The fourth-order valence-corrected chi connectivity index (χ4v) is 9.66. The number of fused-ring (bicyclic) bond motifs is 3. The Kier molecular flexibility index (Phi) is 11.0. The minimum Gasteiger partial charge on any atom is -0.446 e. The highest BCUT2D eigenvalue weighted by Crippen LogP contribution is 2.46. The number of benzene rings is 1. The van der Waals surface area contributed by atoms with E-state index in [1.165, 1.54) is 9.80 Å². The molecule has 6 aliphatic rings. The zero-order valence-electron chi connectivity index (χ0n) is 30.1. The zero-order valence-corrected chi connectivity index (χ0v) is 31.7. The van der Waals surface area contributed by atoms with Gasteiger partial charge in [-0.1, -0.05) is 48.7 Å². The van der Waals surface area contributed by atoms with Crippen molar-refractivity contribution in [2.24, 2.45) is 5.92 Å². The summed E-state index contributed by atoms with van der Waals surface area (Å²) >= 11 is 6.35. The van der Waals surface area contributed by atoms with E-state index in [4.69, 9.17) is 21.1 Å². The Morgan fingerprint density at radius 3 is 2.44 bits per heavy atom. The van der Waals surface area contributed by atoms with Crippen LogP contribution in [0.2, 0.25) is 5.02 Å². The molecule has 1 aromatic carbocycles. The molecular formula is C36H45ClF2N6O9S. The Labute approximate surface area is 322 Å². The van der Waals surface area contributed by atoms with E-state index in [1.807, 2.05) is 16.9 Å². The second-order valence-electron chi connectivity index (χ2n) is 15.4. The maximum Gasteiger partial charge on any atom is 0.410 e. The lowest BCUT2D eigenvalue weighted by Crippen LogP contribution is -2.64. The number of alkyl carbamates (subject to hydrolysis) is 1. The number of hydrogen-bond acceptors (Lipinski definition) is 9. The molecule has 0 spiro atoms. The van der Waals surface area contributed by atoms with Gasteiger partial charge < -0.3 is 25.0 Å². The molecule has 5 atom stereocenters. The summed E-state index contributed by atoms with van der Waals surface area (Å²) in [7, 11) is -4.65. The van der Waals surface area contributed by atoms with Gasteiger partial charge in [-0.05, 0) is 68.6 Å². The molecule has 15 nitrogen and oxygen atoms in total. The molecule has 2 saturated carbocycles. The summed E-state index contributed by atoms with van der Waals surface area (Å²) < 4.78 is 66.6. The van der Waals surface area contributed by atoms with Crippen LogP contribution < -0.4 is 15.4 Å². The predicted octanol–water partition coefficient (Wildman–Crippen LogP) is 3.51. The van der Waals surface area contributed by atoms with Gasteiger partial charge in [0.05, 0.1) is 26.2 Å². The summed E-state index contributed by atoms with van der Waals surface area (Å²) in [5.41, 5.74) is -0.117. The van der Waals surface area contributed by atoms with Crippen molar-refractivity contribution in [2.75, 3.05) is 19.6 Å². The lowest BCUT2D eigenvalue weighted by atomic mass is 10.0. The first-order valence-corrected chi connectivity index (χ1v) is 20.6. The van der Waals surface area contributed by atoms with Crippen molar-refractivity contribution in [3.05, 3.63) is 46.5 Å². The van der Waals surface area contributed by atoms with Gasteiger partial charge in [0.15, 0.2) is 0 Å². The van der Waals surface area contributed by atoms with Gasteiger partial charge in [0.1, 0.15) is 29.8 Å². The molecule has 0 bridgehead atoms. The molecule has 7 rings (SSSR count). The van der Waals surface area contributed by atoms with Gasteiger partial charge in [-0.15, -0.1) is 0 Å². The van der Waals surface area contributed by atoms with Crippen LogP contribution in [0.1, 0.15) is 81.8 Å². The molecule has 5 amide bonds. The summed E-state index contributed by atoms with van der Waals surface area (Å²) in [4.78, 5) is 71.5. The lowest BCUT2D eigenvalue weighted by Gasteiger charge is -2.37. The normalized spacial score (nSPS) is 30.4. The molecule has 0 radical (unpaired) electrons. The third-order valence-corrected chi connectivity index (χ3v) is 13.1. The van der Waals surface area contributed by atoms with Crippen LogP contribution in [0.5, 0.6) is 0 Å². The van der Waals surface area contributed by atoms with Crippen LogP contribution in [0, 0.1) is 5.92 Å². The molecule has 1 unspecified atom stereocenters. The first-order chi connectivity index (χ1) is 26.1. The first kappa shape index (κ1) is 39.2. The minimum absolute atomic E-state index is 0.0150. The molecule has 4 heterocycles. The number of carbonyl (C=O) groups excluding carboxylic acids is 5. The number of nitrogens with zero attached hydrogens (tertiary/aromatic N) is 3. The monoisotopic (exact) mass is 810 g/mol. The van der Waals surface area contributed by atoms with Crippen molar-refractivity contribution in [1.82, 2.24) is 29.5 Å². The topological polar surface area (TPSA) is 184 Å². The summed E-state index contributed by atoms with van der Waals surface area (Å²) in [5, 5.41) is 5.91. The Hall–Kier alpha value is -4.03. The third kappa shape index (κ3) is 8.55. The second kappa shape index (κ2) is 15.5. The second-order valence-corrected chi connectivity index (χ2v) is 17.5. The number of allylic oxidation sites excluding steroid dienone is 1. The van der Waals surface area contributed by atoms with Gasteiger partial charge in [-0.2, -0.15) is 12.7 Å². The molecule has 2 saturated heterocycles. The minimum atomic E-state index is -4.65. The fraction of sp³-hybridized carbons (Fsp3) is 0.639. The van der Waals surface area contributed by atoms with Gasteiger partial charge in [-0.3, -0.25) is 19.3 Å². The fourth-order valence-electron chi connectivity index (χ4n) is 8.14. The Morgan fingerprint density at radius 2 is 1.71 bits per heavy atom. The highest BCUT2D eigenvalue weighted by atomic mass is 35.5. The predicted molar refractivity (Wildman–Crippen MR) is 192 cm³/mol. The van der Waals surface area contributed by atoms with E-state index in [9.17, 15) is 41.2 Å². The summed E-state index contributed by atoms with van der Waals surface area (Å²) in [5.74, 6) is -6.37. The Bertz CT molecular complexity index is 1860. The SMILES string of the molecule is O=C(N[C@H]1CCCCC/C=C\[C@H]2C[C@@]2(C(=O)NS(=O)(=O)N2CC(F)(F)C2)NC(=O)C2C[C@@H](OC(=O)N3Cc4cccc(Cl)c4C3)CN2C1=O)OC1CCCC1. The number of halogens is 3. The van der Waals surface area contributed by atoms with Gasteiger partial charge >= 0.3 is 22.4 Å². The van der Waals surface area contributed by atoms with Crippen molar-refractivity contribution in [1.29, 1.82) is 0 Å². The van der Waals surface area contributed by atoms with Crippen LogP contribution in [0.4, 0.5) is 18.4 Å². The van der Waals surface area contributed by atoms with Crippen LogP contribution in [0.15, 0.2) is 30.4 Å². The van der Waals surface area contributed by atoms with E-state index < -0.39 is 88.8 Å². The molecule has 55 heavy (non-hydrogen) atoms. The van der Waals surface area contributed by atoms with E-state index in [-0.39, 0.29) is 45.0 Å².